The van der Waals surface area contributed by atoms with Gasteiger partial charge in [-0.25, -0.2) is 9.07 Å². The summed E-state index contributed by atoms with van der Waals surface area (Å²) in [5.41, 5.74) is 2.64. The molecule has 24 heavy (non-hydrogen) atoms. The van der Waals surface area contributed by atoms with E-state index in [1.165, 1.54) is 12.1 Å². The number of hydrogen-bond acceptors (Lipinski definition) is 2. The molecule has 1 fully saturated rings. The highest BCUT2D eigenvalue weighted by atomic mass is 19.1. The minimum Gasteiger partial charge on any atom is -0.302 e. The fourth-order valence-electron chi connectivity index (χ4n) is 3.17. The number of anilines is 1. The van der Waals surface area contributed by atoms with Crippen LogP contribution in [-0.2, 0) is 4.79 Å². The summed E-state index contributed by atoms with van der Waals surface area (Å²) in [6.07, 6.45) is 4.77. The maximum absolute atomic E-state index is 13.2. The van der Waals surface area contributed by atoms with E-state index in [2.05, 4.69) is 5.10 Å². The average molecular weight is 321 g/mol. The van der Waals surface area contributed by atoms with Gasteiger partial charge < -0.3 is 4.90 Å². The van der Waals surface area contributed by atoms with Crippen LogP contribution in [-0.4, -0.2) is 15.7 Å². The highest BCUT2D eigenvalue weighted by Gasteiger charge is 2.34. The van der Waals surface area contributed by atoms with Crippen molar-refractivity contribution in [1.29, 1.82) is 0 Å². The molecule has 1 aromatic heterocycles. The molecule has 0 saturated carbocycles. The Kier molecular flexibility index (Phi) is 3.61. The molecule has 0 spiro atoms. The molecule has 1 atom stereocenters. The number of hydrogen-bond donors (Lipinski definition) is 0. The van der Waals surface area contributed by atoms with Gasteiger partial charge in [-0.2, -0.15) is 5.10 Å². The summed E-state index contributed by atoms with van der Waals surface area (Å²) < 4.78 is 14.9. The van der Waals surface area contributed by atoms with Crippen molar-refractivity contribution in [1.82, 2.24) is 9.78 Å². The number of carbonyl (C=O) groups excluding carboxylic acids is 1. The van der Waals surface area contributed by atoms with Crippen LogP contribution in [0.1, 0.15) is 24.4 Å². The SMILES string of the molecule is O=C1CCC(c2ccc(F)cc2)N1c1cnn(-c2ccccc2)c1. The number of rotatable bonds is 3. The first-order valence-electron chi connectivity index (χ1n) is 7.90. The molecule has 1 amide bonds. The molecule has 3 aromatic rings. The Morgan fingerprint density at radius 2 is 1.75 bits per heavy atom. The molecule has 1 aliphatic heterocycles. The van der Waals surface area contributed by atoms with Gasteiger partial charge in [0.1, 0.15) is 5.82 Å². The maximum Gasteiger partial charge on any atom is 0.227 e. The second-order valence-corrected chi connectivity index (χ2v) is 5.85. The lowest BCUT2D eigenvalue weighted by Crippen LogP contribution is -2.26. The molecule has 1 saturated heterocycles. The second-order valence-electron chi connectivity index (χ2n) is 5.85. The first kappa shape index (κ1) is 14.6. The Hall–Kier alpha value is -2.95. The largest absolute Gasteiger partial charge is 0.302 e. The number of nitrogens with zero attached hydrogens (tertiary/aromatic N) is 3. The number of carbonyl (C=O) groups is 1. The van der Waals surface area contributed by atoms with Gasteiger partial charge >= 0.3 is 0 Å². The van der Waals surface area contributed by atoms with Crippen LogP contribution in [0.3, 0.4) is 0 Å². The van der Waals surface area contributed by atoms with Crippen LogP contribution in [0.5, 0.6) is 0 Å². The zero-order valence-electron chi connectivity index (χ0n) is 13.0. The third-order valence-corrected chi connectivity index (χ3v) is 4.33. The van der Waals surface area contributed by atoms with Gasteiger partial charge in [0.05, 0.1) is 29.8 Å². The second kappa shape index (κ2) is 5.92. The smallest absolute Gasteiger partial charge is 0.227 e. The summed E-state index contributed by atoms with van der Waals surface area (Å²) in [7, 11) is 0. The van der Waals surface area contributed by atoms with Crippen molar-refractivity contribution in [2.45, 2.75) is 18.9 Å². The first-order valence-corrected chi connectivity index (χ1v) is 7.90. The summed E-state index contributed by atoms with van der Waals surface area (Å²) in [6.45, 7) is 0. The number of halogens is 1. The quantitative estimate of drug-likeness (QED) is 0.734. The first-order chi connectivity index (χ1) is 11.7. The lowest BCUT2D eigenvalue weighted by Gasteiger charge is -2.23. The van der Waals surface area contributed by atoms with E-state index < -0.39 is 0 Å². The highest BCUT2D eigenvalue weighted by Crippen LogP contribution is 2.37. The van der Waals surface area contributed by atoms with Crippen molar-refractivity contribution in [3.05, 3.63) is 78.4 Å². The van der Waals surface area contributed by atoms with E-state index >= 15 is 0 Å². The minimum absolute atomic E-state index is 0.0666. The zero-order chi connectivity index (χ0) is 16.5. The molecule has 1 aliphatic rings. The van der Waals surface area contributed by atoms with E-state index in [0.717, 1.165) is 23.4 Å². The normalized spacial score (nSPS) is 17.5. The van der Waals surface area contributed by atoms with E-state index in [1.807, 2.05) is 36.5 Å². The molecule has 0 aliphatic carbocycles. The molecule has 1 unspecified atom stereocenters. The van der Waals surface area contributed by atoms with Gasteiger partial charge in [-0.3, -0.25) is 4.79 Å². The Labute approximate surface area is 139 Å². The Morgan fingerprint density at radius 3 is 2.50 bits per heavy atom. The van der Waals surface area contributed by atoms with Crippen LogP contribution in [0, 0.1) is 5.82 Å². The summed E-state index contributed by atoms with van der Waals surface area (Å²) in [5.74, 6) is -0.205. The van der Waals surface area contributed by atoms with Crippen molar-refractivity contribution in [2.75, 3.05) is 4.90 Å². The highest BCUT2D eigenvalue weighted by molar-refractivity contribution is 5.96. The molecule has 5 heteroatoms. The van der Waals surface area contributed by atoms with Crippen molar-refractivity contribution in [2.24, 2.45) is 0 Å². The molecule has 0 radical (unpaired) electrons. The van der Waals surface area contributed by atoms with Crippen LogP contribution in [0.15, 0.2) is 67.0 Å². The Morgan fingerprint density at radius 1 is 1.00 bits per heavy atom. The molecule has 0 bridgehead atoms. The topological polar surface area (TPSA) is 38.1 Å². The predicted molar refractivity (Wildman–Crippen MR) is 89.4 cm³/mol. The zero-order valence-corrected chi connectivity index (χ0v) is 13.0. The van der Waals surface area contributed by atoms with Crippen molar-refractivity contribution in [3.63, 3.8) is 0 Å². The van der Waals surface area contributed by atoms with Gasteiger partial charge in [-0.1, -0.05) is 30.3 Å². The van der Waals surface area contributed by atoms with Crippen molar-refractivity contribution < 1.29 is 9.18 Å². The predicted octanol–water partition coefficient (Wildman–Crippen LogP) is 3.88. The van der Waals surface area contributed by atoms with Crippen LogP contribution in [0.25, 0.3) is 5.69 Å². The summed E-state index contributed by atoms with van der Waals surface area (Å²) >= 11 is 0. The van der Waals surface area contributed by atoms with Crippen LogP contribution >= 0.6 is 0 Å². The molecule has 2 aromatic carbocycles. The van der Waals surface area contributed by atoms with E-state index in [1.54, 1.807) is 27.9 Å². The molecule has 4 nitrogen and oxygen atoms in total. The molecule has 0 N–H and O–H groups in total. The van der Waals surface area contributed by atoms with E-state index in [0.29, 0.717) is 6.42 Å². The van der Waals surface area contributed by atoms with E-state index in [4.69, 9.17) is 0 Å². The van der Waals surface area contributed by atoms with Crippen LogP contribution in [0.2, 0.25) is 0 Å². The number of aromatic nitrogens is 2. The third-order valence-electron chi connectivity index (χ3n) is 4.33. The van der Waals surface area contributed by atoms with Gasteiger partial charge in [0.2, 0.25) is 5.91 Å². The number of amides is 1. The fraction of sp³-hybridized carbons (Fsp3) is 0.158. The summed E-state index contributed by atoms with van der Waals surface area (Å²) in [6, 6.07) is 16.0. The lowest BCUT2D eigenvalue weighted by atomic mass is 10.0. The average Bonchev–Trinajstić information content (AvgIpc) is 3.23. The summed E-state index contributed by atoms with van der Waals surface area (Å²) in [5, 5.41) is 4.37. The lowest BCUT2D eigenvalue weighted by molar-refractivity contribution is -0.117. The Bertz CT molecular complexity index is 858. The monoisotopic (exact) mass is 321 g/mol. The minimum atomic E-state index is -0.272. The Balaban J connectivity index is 1.67. The van der Waals surface area contributed by atoms with Gasteiger partial charge in [0.25, 0.3) is 0 Å². The molecule has 2 heterocycles. The van der Waals surface area contributed by atoms with E-state index in [9.17, 15) is 9.18 Å². The molecule has 120 valence electrons. The maximum atomic E-state index is 13.2. The van der Waals surface area contributed by atoms with Gasteiger partial charge in [0.15, 0.2) is 0 Å². The van der Waals surface area contributed by atoms with Crippen molar-refractivity contribution >= 4 is 11.6 Å². The number of benzene rings is 2. The van der Waals surface area contributed by atoms with E-state index in [-0.39, 0.29) is 17.8 Å². The third kappa shape index (κ3) is 2.58. The molecule has 4 rings (SSSR count). The summed E-state index contributed by atoms with van der Waals surface area (Å²) in [4.78, 5) is 14.1. The molecular formula is C19H16FN3O. The van der Waals surface area contributed by atoms with Crippen molar-refractivity contribution in [3.8, 4) is 5.69 Å². The van der Waals surface area contributed by atoms with Gasteiger partial charge in [-0.15, -0.1) is 0 Å². The molecular weight excluding hydrogens is 305 g/mol. The van der Waals surface area contributed by atoms with Crippen LogP contribution < -0.4 is 4.90 Å². The number of para-hydroxylation sites is 1. The van der Waals surface area contributed by atoms with Gasteiger partial charge in [0, 0.05) is 6.42 Å². The fourth-order valence-corrected chi connectivity index (χ4v) is 3.17. The standard InChI is InChI=1S/C19H16FN3O/c20-15-8-6-14(7-9-15)18-10-11-19(24)23(18)17-12-21-22(13-17)16-4-2-1-3-5-16/h1-9,12-13,18H,10-11H2. The van der Waals surface area contributed by atoms with Gasteiger partial charge in [-0.05, 0) is 36.2 Å². The van der Waals surface area contributed by atoms with Crippen LogP contribution in [0.4, 0.5) is 10.1 Å².